The Morgan fingerprint density at radius 2 is 0.836 bits per heavy atom. The van der Waals surface area contributed by atoms with Crippen LogP contribution in [0.5, 0.6) is 0 Å². The summed E-state index contributed by atoms with van der Waals surface area (Å²) in [6.07, 6.45) is 3.67. The Labute approximate surface area is 320 Å². The molecule has 0 saturated carbocycles. The number of fused-ring (bicyclic) bond motifs is 3. The summed E-state index contributed by atoms with van der Waals surface area (Å²) in [5.74, 6) is 1.87. The molecule has 0 atom stereocenters. The summed E-state index contributed by atoms with van der Waals surface area (Å²) >= 11 is 0. The number of hydrogen-bond acceptors (Lipinski definition) is 4. The first-order chi connectivity index (χ1) is 27.3. The van der Waals surface area contributed by atoms with Crippen molar-refractivity contribution in [2.24, 2.45) is 0 Å². The van der Waals surface area contributed by atoms with Crippen molar-refractivity contribution in [3.8, 4) is 67.5 Å². The lowest BCUT2D eigenvalue weighted by Gasteiger charge is -2.33. The summed E-state index contributed by atoms with van der Waals surface area (Å²) in [4.78, 5) is 20.1. The minimum Gasteiger partial charge on any atom is -0.264 e. The summed E-state index contributed by atoms with van der Waals surface area (Å²) in [6, 6.07) is 68.4. The molecule has 7 aromatic carbocycles. The zero-order valence-electron chi connectivity index (χ0n) is 29.9. The topological polar surface area (TPSA) is 51.6 Å². The van der Waals surface area contributed by atoms with Gasteiger partial charge in [-0.05, 0) is 67.8 Å². The van der Waals surface area contributed by atoms with Gasteiger partial charge in [-0.2, -0.15) is 0 Å². The van der Waals surface area contributed by atoms with Gasteiger partial charge in [-0.15, -0.1) is 0 Å². The third-order valence-corrected chi connectivity index (χ3v) is 10.7. The fourth-order valence-corrected chi connectivity index (χ4v) is 8.25. The number of pyridine rings is 1. The smallest absolute Gasteiger partial charge is 0.164 e. The molecule has 2 heterocycles. The molecule has 0 N–H and O–H groups in total. The molecule has 0 bridgehead atoms. The van der Waals surface area contributed by atoms with E-state index in [1.165, 1.54) is 27.8 Å². The molecule has 0 amide bonds. The highest BCUT2D eigenvalue weighted by atomic mass is 15.0. The molecule has 258 valence electrons. The molecule has 4 heteroatoms. The average molecular weight is 703 g/mol. The van der Waals surface area contributed by atoms with Crippen LogP contribution in [0.3, 0.4) is 0 Å². The van der Waals surface area contributed by atoms with Crippen molar-refractivity contribution >= 4 is 0 Å². The fraction of sp³-hybridized carbons (Fsp3) is 0.0196. The van der Waals surface area contributed by atoms with Crippen LogP contribution >= 0.6 is 0 Å². The third-order valence-electron chi connectivity index (χ3n) is 10.7. The van der Waals surface area contributed by atoms with E-state index in [1.807, 2.05) is 18.3 Å². The summed E-state index contributed by atoms with van der Waals surface area (Å²) in [7, 11) is 0. The number of nitrogens with zero attached hydrogens (tertiary/aromatic N) is 4. The lowest BCUT2D eigenvalue weighted by molar-refractivity contribution is 0.768. The lowest BCUT2D eigenvalue weighted by Crippen LogP contribution is -2.28. The molecule has 0 unspecified atom stereocenters. The molecule has 9 aromatic rings. The second kappa shape index (κ2) is 13.6. The van der Waals surface area contributed by atoms with Crippen molar-refractivity contribution in [1.82, 2.24) is 19.9 Å². The standard InChI is InChI=1S/C51H34N4/c1-4-15-35(16-5-1)38-17-12-18-39(33-38)49-53-48(37-30-28-36(29-31-37)40-19-14-32-52-34-40)54-50(55-49)44-25-13-27-46-47(44)43-24-10-11-26-45(43)51(46,41-20-6-2-7-21-41)42-22-8-3-9-23-42/h1-34H. The Bertz CT molecular complexity index is 2740. The van der Waals surface area contributed by atoms with Gasteiger partial charge in [0.1, 0.15) is 0 Å². The SMILES string of the molecule is c1ccc(-c2cccc(-c3nc(-c4ccc(-c5cccnc5)cc4)nc(-c4cccc5c4-c4ccccc4C5(c4ccccc4)c4ccccc4)n3)c2)cc1. The molecule has 0 spiro atoms. The molecular formula is C51H34N4. The molecule has 1 aliphatic carbocycles. The Hall–Kier alpha value is -7.30. The second-order valence-electron chi connectivity index (χ2n) is 13.8. The fourth-order valence-electron chi connectivity index (χ4n) is 8.25. The second-order valence-corrected chi connectivity index (χ2v) is 13.8. The maximum Gasteiger partial charge on any atom is 0.164 e. The van der Waals surface area contributed by atoms with Crippen molar-refractivity contribution in [2.75, 3.05) is 0 Å². The molecule has 0 radical (unpaired) electrons. The molecule has 0 aliphatic heterocycles. The molecule has 1 aliphatic rings. The molecule has 4 nitrogen and oxygen atoms in total. The molecule has 10 rings (SSSR count). The minimum atomic E-state index is -0.532. The van der Waals surface area contributed by atoms with Crippen LogP contribution in [0.25, 0.3) is 67.5 Å². The average Bonchev–Trinajstić information content (AvgIpc) is 3.59. The number of benzene rings is 7. The Morgan fingerprint density at radius 3 is 1.55 bits per heavy atom. The quantitative estimate of drug-likeness (QED) is 0.166. The van der Waals surface area contributed by atoms with E-state index in [9.17, 15) is 0 Å². The van der Waals surface area contributed by atoms with E-state index < -0.39 is 5.41 Å². The maximum atomic E-state index is 5.31. The predicted octanol–water partition coefficient (Wildman–Crippen LogP) is 12.0. The van der Waals surface area contributed by atoms with Crippen LogP contribution in [-0.4, -0.2) is 19.9 Å². The largest absolute Gasteiger partial charge is 0.264 e. The van der Waals surface area contributed by atoms with E-state index in [0.29, 0.717) is 17.5 Å². The van der Waals surface area contributed by atoms with Crippen LogP contribution in [0.15, 0.2) is 207 Å². The number of rotatable bonds is 7. The van der Waals surface area contributed by atoms with Crippen molar-refractivity contribution in [1.29, 1.82) is 0 Å². The third kappa shape index (κ3) is 5.55. The van der Waals surface area contributed by atoms with Gasteiger partial charge in [0.25, 0.3) is 0 Å². The monoisotopic (exact) mass is 702 g/mol. The van der Waals surface area contributed by atoms with E-state index >= 15 is 0 Å². The first kappa shape index (κ1) is 32.4. The molecule has 2 aromatic heterocycles. The van der Waals surface area contributed by atoms with Gasteiger partial charge < -0.3 is 0 Å². The normalized spacial score (nSPS) is 12.5. The first-order valence-corrected chi connectivity index (χ1v) is 18.5. The Morgan fingerprint density at radius 1 is 0.327 bits per heavy atom. The van der Waals surface area contributed by atoms with Gasteiger partial charge in [-0.25, -0.2) is 15.0 Å². The number of aromatic nitrogens is 4. The van der Waals surface area contributed by atoms with Crippen LogP contribution < -0.4 is 0 Å². The highest BCUT2D eigenvalue weighted by Gasteiger charge is 2.47. The van der Waals surface area contributed by atoms with Gasteiger partial charge in [0.15, 0.2) is 17.5 Å². The van der Waals surface area contributed by atoms with Gasteiger partial charge in [0, 0.05) is 29.1 Å². The van der Waals surface area contributed by atoms with E-state index in [-0.39, 0.29) is 0 Å². The summed E-state index contributed by atoms with van der Waals surface area (Å²) < 4.78 is 0. The van der Waals surface area contributed by atoms with Gasteiger partial charge in [0.05, 0.1) is 5.41 Å². The zero-order valence-corrected chi connectivity index (χ0v) is 29.9. The van der Waals surface area contributed by atoms with Crippen molar-refractivity contribution in [3.05, 3.63) is 229 Å². The predicted molar refractivity (Wildman–Crippen MR) is 222 cm³/mol. The first-order valence-electron chi connectivity index (χ1n) is 18.5. The van der Waals surface area contributed by atoms with E-state index in [2.05, 4.69) is 187 Å². The van der Waals surface area contributed by atoms with Crippen LogP contribution in [-0.2, 0) is 5.41 Å². The van der Waals surface area contributed by atoms with Gasteiger partial charge in [0.2, 0.25) is 0 Å². The zero-order chi connectivity index (χ0) is 36.6. The van der Waals surface area contributed by atoms with E-state index in [0.717, 1.165) is 44.5 Å². The van der Waals surface area contributed by atoms with Crippen molar-refractivity contribution < 1.29 is 0 Å². The lowest BCUT2D eigenvalue weighted by atomic mass is 9.67. The van der Waals surface area contributed by atoms with Crippen molar-refractivity contribution in [2.45, 2.75) is 5.41 Å². The molecular weight excluding hydrogens is 669 g/mol. The molecule has 55 heavy (non-hydrogen) atoms. The summed E-state index contributed by atoms with van der Waals surface area (Å²) in [5, 5.41) is 0. The molecule has 0 fully saturated rings. The Kier molecular flexibility index (Phi) is 8.00. The highest BCUT2D eigenvalue weighted by molar-refractivity contribution is 5.94. The molecule has 0 saturated heterocycles. The van der Waals surface area contributed by atoms with E-state index in [4.69, 9.17) is 15.0 Å². The van der Waals surface area contributed by atoms with Crippen molar-refractivity contribution in [3.63, 3.8) is 0 Å². The highest BCUT2D eigenvalue weighted by Crippen LogP contribution is 2.58. The van der Waals surface area contributed by atoms with Gasteiger partial charge in [-0.1, -0.05) is 182 Å². The summed E-state index contributed by atoms with van der Waals surface area (Å²) in [6.45, 7) is 0. The van der Waals surface area contributed by atoms with E-state index in [1.54, 1.807) is 6.20 Å². The van der Waals surface area contributed by atoms with Crippen LogP contribution in [0, 0.1) is 0 Å². The van der Waals surface area contributed by atoms with Gasteiger partial charge in [-0.3, -0.25) is 4.98 Å². The van der Waals surface area contributed by atoms with Crippen LogP contribution in [0.1, 0.15) is 22.3 Å². The maximum absolute atomic E-state index is 5.31. The number of hydrogen-bond donors (Lipinski definition) is 0. The van der Waals surface area contributed by atoms with Gasteiger partial charge >= 0.3 is 0 Å². The summed E-state index contributed by atoms with van der Waals surface area (Å²) in [5.41, 5.74) is 13.8. The van der Waals surface area contributed by atoms with Crippen LogP contribution in [0.4, 0.5) is 0 Å². The van der Waals surface area contributed by atoms with Crippen LogP contribution in [0.2, 0.25) is 0 Å². The minimum absolute atomic E-state index is 0.532. The Balaban J connectivity index is 1.21.